The normalized spacial score (nSPS) is 14.4. The van der Waals surface area contributed by atoms with Crippen LogP contribution in [0.25, 0.3) is 0 Å². The molecule has 1 N–H and O–H groups in total. The number of hydrogen-bond donors (Lipinski definition) is 1. The number of phosphoric ester groups is 1. The number of phosphoric acid groups is 1. The molecule has 57 heavy (non-hydrogen) atoms. The molecule has 0 amide bonds. The Morgan fingerprint density at radius 3 is 1.79 bits per heavy atom. The van der Waals surface area contributed by atoms with Crippen LogP contribution in [0.5, 0.6) is 0 Å². The largest absolute Gasteiger partial charge is 0.472 e. The Balaban J connectivity index is 4.59. The third-order valence-corrected chi connectivity index (χ3v) is 9.37. The van der Waals surface area contributed by atoms with Gasteiger partial charge in [-0.05, 0) is 76.7 Å². The number of nitrogens with zero attached hydrogens (tertiary/aromatic N) is 1. The van der Waals surface area contributed by atoms with Gasteiger partial charge in [0.1, 0.15) is 19.8 Å². The molecule has 0 aromatic heterocycles. The van der Waals surface area contributed by atoms with Gasteiger partial charge < -0.3 is 18.9 Å². The molecule has 324 valence electrons. The lowest BCUT2D eigenvalue weighted by Gasteiger charge is -2.24. The van der Waals surface area contributed by atoms with Crippen LogP contribution in [0.3, 0.4) is 0 Å². The van der Waals surface area contributed by atoms with Crippen LogP contribution in [0.4, 0.5) is 0 Å². The number of unbranched alkanes of at least 4 members (excludes halogenated alkanes) is 8. The van der Waals surface area contributed by atoms with Crippen LogP contribution in [0, 0.1) is 0 Å². The van der Waals surface area contributed by atoms with Crippen molar-refractivity contribution in [2.75, 3.05) is 47.5 Å². The summed E-state index contributed by atoms with van der Waals surface area (Å²) in [6.45, 7) is 4.02. The fourth-order valence-corrected chi connectivity index (χ4v) is 5.77. The van der Waals surface area contributed by atoms with E-state index in [0.29, 0.717) is 36.7 Å². The highest BCUT2D eigenvalue weighted by molar-refractivity contribution is 7.47. The maximum absolute atomic E-state index is 12.7. The van der Waals surface area contributed by atoms with Gasteiger partial charge in [0.2, 0.25) is 0 Å². The van der Waals surface area contributed by atoms with E-state index in [0.717, 1.165) is 64.2 Å². The molecule has 0 aromatic carbocycles. The molecule has 0 aliphatic heterocycles. The minimum Gasteiger partial charge on any atom is -0.462 e. The van der Waals surface area contributed by atoms with Crippen molar-refractivity contribution in [2.24, 2.45) is 0 Å². The Labute approximate surface area is 346 Å². The second-order valence-corrected chi connectivity index (χ2v) is 16.5. The van der Waals surface area contributed by atoms with Crippen LogP contribution in [0.1, 0.15) is 136 Å². The molecule has 1 unspecified atom stereocenters. The van der Waals surface area contributed by atoms with Crippen molar-refractivity contribution in [3.8, 4) is 0 Å². The average molecular weight is 819 g/mol. The number of hydrogen-bond acceptors (Lipinski definition) is 8. The monoisotopic (exact) mass is 819 g/mol. The van der Waals surface area contributed by atoms with E-state index < -0.39 is 32.5 Å². The average Bonchev–Trinajstić information content (AvgIpc) is 3.15. The number of likely N-dealkylation sites (N-methyl/N-ethyl adjacent to an activating group) is 1. The maximum atomic E-state index is 12.7. The molecule has 10 nitrogen and oxygen atoms in total. The molecule has 0 saturated carbocycles. The number of ether oxygens (including phenoxy) is 2. The van der Waals surface area contributed by atoms with E-state index in [1.807, 2.05) is 39.4 Å². The summed E-state index contributed by atoms with van der Waals surface area (Å²) in [5.41, 5.74) is 0. The van der Waals surface area contributed by atoms with Crippen LogP contribution in [0.2, 0.25) is 0 Å². The Kier molecular flexibility index (Phi) is 35.1. The van der Waals surface area contributed by atoms with Gasteiger partial charge in [-0.15, -0.1) is 0 Å². The van der Waals surface area contributed by atoms with Gasteiger partial charge in [0.25, 0.3) is 0 Å². The molecule has 0 spiro atoms. The van der Waals surface area contributed by atoms with Crippen molar-refractivity contribution >= 4 is 25.5 Å². The van der Waals surface area contributed by atoms with Gasteiger partial charge in [-0.1, -0.05) is 125 Å². The first-order valence-corrected chi connectivity index (χ1v) is 22.8. The summed E-state index contributed by atoms with van der Waals surface area (Å²) in [6.07, 6.45) is 43.2. The molecule has 0 aromatic rings. The molecule has 11 heteroatoms. The van der Waals surface area contributed by atoms with E-state index in [4.69, 9.17) is 18.5 Å². The van der Waals surface area contributed by atoms with Crippen LogP contribution in [-0.2, 0) is 37.5 Å². The fourth-order valence-electron chi connectivity index (χ4n) is 5.03. The maximum Gasteiger partial charge on any atom is 0.472 e. The highest BCUT2D eigenvalue weighted by Gasteiger charge is 2.27. The van der Waals surface area contributed by atoms with Gasteiger partial charge >= 0.3 is 19.8 Å². The molecule has 0 aliphatic rings. The van der Waals surface area contributed by atoms with Crippen molar-refractivity contribution in [2.45, 2.75) is 142 Å². The van der Waals surface area contributed by atoms with Gasteiger partial charge in [-0.25, -0.2) is 4.57 Å². The molecule has 0 fully saturated rings. The number of ketones is 1. The first-order valence-electron chi connectivity index (χ1n) is 21.3. The second-order valence-electron chi connectivity index (χ2n) is 15.0. The Hall–Kier alpha value is -3.14. The molecule has 0 bridgehead atoms. The molecule has 2 atom stereocenters. The summed E-state index contributed by atoms with van der Waals surface area (Å²) < 4.78 is 34.1. The van der Waals surface area contributed by atoms with Gasteiger partial charge in [0.15, 0.2) is 11.9 Å². The summed E-state index contributed by atoms with van der Waals surface area (Å²) >= 11 is 0. The molecular weight excluding hydrogens is 741 g/mol. The molecule has 0 rings (SSSR count). The third kappa shape index (κ3) is 40.8. The van der Waals surface area contributed by atoms with Gasteiger partial charge in [0, 0.05) is 19.3 Å². The Morgan fingerprint density at radius 1 is 0.614 bits per heavy atom. The van der Waals surface area contributed by atoms with Gasteiger partial charge in [-0.2, -0.15) is 0 Å². The zero-order valence-electron chi connectivity index (χ0n) is 36.0. The second kappa shape index (κ2) is 37.2. The van der Waals surface area contributed by atoms with Crippen LogP contribution in [-0.4, -0.2) is 80.7 Å². The number of carbonyl (C=O) groups excluding carboxylic acids is 3. The Bertz CT molecular complexity index is 1310. The van der Waals surface area contributed by atoms with E-state index in [2.05, 4.69) is 74.6 Å². The molecule has 0 heterocycles. The Morgan fingerprint density at radius 2 is 1.18 bits per heavy atom. The van der Waals surface area contributed by atoms with Gasteiger partial charge in [0.05, 0.1) is 27.7 Å². The number of allylic oxidation sites excluding steroid dienone is 14. The SMILES string of the molecule is CC/C=C\C/C=C\C/C=C\C/C=C\C/C=C\CCCC(=O)O[C@H](COC(=O)CCCCCCCC(=O)/C=C/C=C\CCCCC)COP(=O)(O)OCC[N+](C)(C)C. The number of esters is 2. The lowest BCUT2D eigenvalue weighted by molar-refractivity contribution is -0.870. The van der Waals surface area contributed by atoms with Gasteiger partial charge in [-0.3, -0.25) is 23.4 Å². The number of rotatable bonds is 37. The van der Waals surface area contributed by atoms with Crippen LogP contribution >= 0.6 is 7.82 Å². The summed E-state index contributed by atoms with van der Waals surface area (Å²) in [7, 11) is 1.36. The smallest absolute Gasteiger partial charge is 0.462 e. The van der Waals surface area contributed by atoms with Crippen molar-refractivity contribution in [1.82, 2.24) is 0 Å². The zero-order valence-corrected chi connectivity index (χ0v) is 36.9. The van der Waals surface area contributed by atoms with Crippen LogP contribution < -0.4 is 0 Å². The van der Waals surface area contributed by atoms with Crippen LogP contribution in [0.15, 0.2) is 85.1 Å². The number of quaternary nitrogens is 1. The minimum absolute atomic E-state index is 0.00325. The molecule has 0 radical (unpaired) electrons. The molecule has 0 saturated heterocycles. The van der Waals surface area contributed by atoms with E-state index in [-0.39, 0.29) is 31.8 Å². The van der Waals surface area contributed by atoms with Crippen molar-refractivity contribution in [3.05, 3.63) is 85.1 Å². The third-order valence-electron chi connectivity index (χ3n) is 8.39. The van der Waals surface area contributed by atoms with E-state index >= 15 is 0 Å². The topological polar surface area (TPSA) is 125 Å². The minimum atomic E-state index is -4.42. The number of carbonyl (C=O) groups is 3. The van der Waals surface area contributed by atoms with E-state index in [1.54, 1.807) is 6.08 Å². The standard InChI is InChI=1S/C46H76NO9P/c1-6-8-10-12-14-15-16-17-18-19-20-21-22-23-25-29-34-38-46(50)56-44(42-55-57(51,52)54-40-39-47(3,4)5)41-53-45(49)37-33-30-26-28-32-36-43(48)35-31-27-24-13-11-9-7-2/h8,10,14-15,17-18,20-21,23-25,27,31,35,44H,6-7,9,11-13,16,19,22,26,28-30,32-34,36-42H2,1-5H3/p+1/b10-8-,15-14-,18-17-,21-20-,25-23-,27-24-,35-31+/t44-/m1/s1. The van der Waals surface area contributed by atoms with Crippen molar-refractivity contribution < 1.29 is 46.8 Å². The predicted molar refractivity (Wildman–Crippen MR) is 234 cm³/mol. The zero-order chi connectivity index (χ0) is 42.3. The summed E-state index contributed by atoms with van der Waals surface area (Å²) in [5, 5.41) is 0. The summed E-state index contributed by atoms with van der Waals surface area (Å²) in [5.74, 6) is -0.850. The molecular formula is C46H77NO9P+. The first-order chi connectivity index (χ1) is 27.4. The van der Waals surface area contributed by atoms with E-state index in [1.165, 1.54) is 19.3 Å². The summed E-state index contributed by atoms with van der Waals surface area (Å²) in [4.78, 5) is 47.3. The first kappa shape index (κ1) is 53.9. The highest BCUT2D eigenvalue weighted by Crippen LogP contribution is 2.43. The fraction of sp³-hybridized carbons (Fsp3) is 0.630. The van der Waals surface area contributed by atoms with Crippen molar-refractivity contribution in [1.29, 1.82) is 0 Å². The lowest BCUT2D eigenvalue weighted by Crippen LogP contribution is -2.37. The highest BCUT2D eigenvalue weighted by atomic mass is 31.2. The van der Waals surface area contributed by atoms with E-state index in [9.17, 15) is 23.8 Å². The van der Waals surface area contributed by atoms with Crippen molar-refractivity contribution in [3.63, 3.8) is 0 Å². The molecule has 0 aliphatic carbocycles. The predicted octanol–water partition coefficient (Wildman–Crippen LogP) is 11.2. The lowest BCUT2D eigenvalue weighted by atomic mass is 10.1. The summed E-state index contributed by atoms with van der Waals surface area (Å²) in [6, 6.07) is 0. The quantitative estimate of drug-likeness (QED) is 0.0124.